The van der Waals surface area contributed by atoms with Crippen LogP contribution in [0, 0.1) is 0 Å². The monoisotopic (exact) mass is 223 g/mol. The van der Waals surface area contributed by atoms with E-state index in [2.05, 4.69) is 0 Å². The van der Waals surface area contributed by atoms with Crippen LogP contribution in [0.5, 0.6) is 0 Å². The number of rotatable bonds is 3. The zero-order valence-corrected chi connectivity index (χ0v) is 8.61. The van der Waals surface area contributed by atoms with Crippen LogP contribution in [-0.4, -0.2) is 40.1 Å². The van der Waals surface area contributed by atoms with Crippen LogP contribution in [0.25, 0.3) is 0 Å². The smallest absolute Gasteiger partial charge is 0.410 e. The normalized spacial score (nSPS) is 20.3. The molecule has 86 valence electrons. The molecule has 1 saturated heterocycles. The summed E-state index contributed by atoms with van der Waals surface area (Å²) in [6, 6.07) is 9.46. The largest absolute Gasteiger partial charge is 0.439 e. The second kappa shape index (κ2) is 4.51. The number of carbonyl (C=O) groups excluding carboxylic acids is 1. The molecule has 0 spiro atoms. The van der Waals surface area contributed by atoms with E-state index in [1.54, 1.807) is 0 Å². The van der Waals surface area contributed by atoms with Crippen molar-refractivity contribution in [3.8, 4) is 0 Å². The fraction of sp³-hybridized carbons (Fsp3) is 0.364. The molecule has 2 N–H and O–H groups in total. The third kappa shape index (κ3) is 2.32. The van der Waals surface area contributed by atoms with E-state index >= 15 is 0 Å². The predicted molar refractivity (Wildman–Crippen MR) is 55.3 cm³/mol. The van der Waals surface area contributed by atoms with Gasteiger partial charge >= 0.3 is 6.09 Å². The Morgan fingerprint density at radius 1 is 1.38 bits per heavy atom. The molecule has 0 bridgehead atoms. The summed E-state index contributed by atoms with van der Waals surface area (Å²) in [5, 5.41) is 17.8. The first-order valence-electron chi connectivity index (χ1n) is 5.02. The number of aliphatic hydroxyl groups is 2. The van der Waals surface area contributed by atoms with Crippen LogP contribution in [0.15, 0.2) is 30.3 Å². The summed E-state index contributed by atoms with van der Waals surface area (Å²) in [4.78, 5) is 12.8. The van der Waals surface area contributed by atoms with Gasteiger partial charge in [0.15, 0.2) is 12.4 Å². The first-order valence-corrected chi connectivity index (χ1v) is 5.02. The Balaban J connectivity index is 1.99. The topological polar surface area (TPSA) is 70.0 Å². The Kier molecular flexibility index (Phi) is 3.07. The maximum Gasteiger partial charge on any atom is 0.410 e. The molecule has 1 aromatic carbocycles. The number of hydrogen-bond donors (Lipinski definition) is 2. The SMILES string of the molecule is O=C1OC(C(O)O)CN1Cc1ccccc1. The van der Waals surface area contributed by atoms with Gasteiger partial charge in [-0.3, -0.25) is 4.90 Å². The summed E-state index contributed by atoms with van der Waals surface area (Å²) in [6.07, 6.45) is -2.98. The lowest BCUT2D eigenvalue weighted by Crippen LogP contribution is -2.30. The lowest BCUT2D eigenvalue weighted by Gasteiger charge is -2.13. The van der Waals surface area contributed by atoms with E-state index in [0.717, 1.165) is 5.56 Å². The van der Waals surface area contributed by atoms with Crippen molar-refractivity contribution >= 4 is 6.09 Å². The first-order chi connectivity index (χ1) is 7.66. The van der Waals surface area contributed by atoms with Crippen LogP contribution in [-0.2, 0) is 11.3 Å². The molecule has 1 amide bonds. The number of aliphatic hydroxyl groups excluding tert-OH is 1. The average molecular weight is 223 g/mol. The lowest BCUT2D eigenvalue weighted by molar-refractivity contribution is -0.109. The lowest BCUT2D eigenvalue weighted by atomic mass is 10.2. The molecule has 0 radical (unpaired) electrons. The Labute approximate surface area is 92.9 Å². The molecular weight excluding hydrogens is 210 g/mol. The van der Waals surface area contributed by atoms with Gasteiger partial charge in [-0.05, 0) is 5.56 Å². The number of benzene rings is 1. The van der Waals surface area contributed by atoms with Gasteiger partial charge < -0.3 is 14.9 Å². The molecule has 5 nitrogen and oxygen atoms in total. The van der Waals surface area contributed by atoms with E-state index in [1.807, 2.05) is 30.3 Å². The number of carbonyl (C=O) groups is 1. The van der Waals surface area contributed by atoms with Crippen LogP contribution < -0.4 is 0 Å². The van der Waals surface area contributed by atoms with Crippen LogP contribution in [0.2, 0.25) is 0 Å². The molecule has 0 aromatic heterocycles. The van der Waals surface area contributed by atoms with Gasteiger partial charge in [-0.1, -0.05) is 30.3 Å². The minimum Gasteiger partial charge on any atom is -0.439 e. The third-order valence-electron chi connectivity index (χ3n) is 2.46. The number of ether oxygens (including phenoxy) is 1. The van der Waals surface area contributed by atoms with Crippen molar-refractivity contribution in [3.63, 3.8) is 0 Å². The zero-order valence-electron chi connectivity index (χ0n) is 8.61. The summed E-state index contributed by atoms with van der Waals surface area (Å²) in [7, 11) is 0. The molecule has 5 heteroatoms. The van der Waals surface area contributed by atoms with Crippen molar-refractivity contribution in [1.82, 2.24) is 4.90 Å². The van der Waals surface area contributed by atoms with Crippen molar-refractivity contribution in [2.75, 3.05) is 6.54 Å². The summed E-state index contributed by atoms with van der Waals surface area (Å²) >= 11 is 0. The summed E-state index contributed by atoms with van der Waals surface area (Å²) in [5.74, 6) is 0. The number of cyclic esters (lactones) is 1. The number of hydrogen-bond acceptors (Lipinski definition) is 4. The van der Waals surface area contributed by atoms with E-state index in [1.165, 1.54) is 4.90 Å². The van der Waals surface area contributed by atoms with Crippen molar-refractivity contribution in [2.24, 2.45) is 0 Å². The second-order valence-corrected chi connectivity index (χ2v) is 3.70. The molecule has 1 aliphatic heterocycles. The molecule has 1 unspecified atom stereocenters. The van der Waals surface area contributed by atoms with Gasteiger partial charge in [0.1, 0.15) is 0 Å². The van der Waals surface area contributed by atoms with E-state index in [0.29, 0.717) is 6.54 Å². The van der Waals surface area contributed by atoms with Gasteiger partial charge in [0.2, 0.25) is 0 Å². The third-order valence-corrected chi connectivity index (χ3v) is 2.46. The zero-order chi connectivity index (χ0) is 11.5. The molecule has 2 rings (SSSR count). The molecule has 1 atom stereocenters. The predicted octanol–water partition coefficient (Wildman–Crippen LogP) is 0.318. The Morgan fingerprint density at radius 2 is 2.06 bits per heavy atom. The molecule has 1 fully saturated rings. The fourth-order valence-corrected chi connectivity index (χ4v) is 1.62. The van der Waals surface area contributed by atoms with Gasteiger partial charge in [0.25, 0.3) is 0 Å². The number of amides is 1. The maximum absolute atomic E-state index is 11.4. The Bertz CT molecular complexity index is 366. The highest BCUT2D eigenvalue weighted by atomic mass is 16.6. The van der Waals surface area contributed by atoms with Gasteiger partial charge in [-0.2, -0.15) is 0 Å². The molecule has 16 heavy (non-hydrogen) atoms. The fourth-order valence-electron chi connectivity index (χ4n) is 1.62. The van der Waals surface area contributed by atoms with Gasteiger partial charge in [0, 0.05) is 6.54 Å². The van der Waals surface area contributed by atoms with E-state index < -0.39 is 18.5 Å². The van der Waals surface area contributed by atoms with Gasteiger partial charge in [0.05, 0.1) is 6.54 Å². The minimum absolute atomic E-state index is 0.200. The molecule has 0 saturated carbocycles. The van der Waals surface area contributed by atoms with E-state index in [4.69, 9.17) is 14.9 Å². The molecule has 0 aliphatic carbocycles. The van der Waals surface area contributed by atoms with Gasteiger partial charge in [-0.15, -0.1) is 0 Å². The first kappa shape index (κ1) is 10.9. The standard InChI is InChI=1S/C11H13NO4/c13-10(14)9-7-12(11(15)16-9)6-8-4-2-1-3-5-8/h1-5,9-10,13-14H,6-7H2. The van der Waals surface area contributed by atoms with Crippen molar-refractivity contribution in [3.05, 3.63) is 35.9 Å². The van der Waals surface area contributed by atoms with E-state index in [-0.39, 0.29) is 6.54 Å². The van der Waals surface area contributed by atoms with Crippen LogP contribution in [0.3, 0.4) is 0 Å². The Hall–Kier alpha value is -1.59. The van der Waals surface area contributed by atoms with Gasteiger partial charge in [-0.25, -0.2) is 4.79 Å². The highest BCUT2D eigenvalue weighted by molar-refractivity contribution is 5.70. The van der Waals surface area contributed by atoms with Crippen molar-refractivity contribution in [2.45, 2.75) is 18.9 Å². The minimum atomic E-state index is -1.62. The second-order valence-electron chi connectivity index (χ2n) is 3.70. The van der Waals surface area contributed by atoms with Crippen LogP contribution in [0.1, 0.15) is 5.56 Å². The molecule has 1 heterocycles. The summed E-state index contributed by atoms with van der Waals surface area (Å²) in [6.45, 7) is 0.619. The van der Waals surface area contributed by atoms with Crippen molar-refractivity contribution in [1.29, 1.82) is 0 Å². The molecule has 1 aromatic rings. The molecular formula is C11H13NO4. The molecule has 1 aliphatic rings. The van der Waals surface area contributed by atoms with Crippen molar-refractivity contribution < 1.29 is 19.7 Å². The van der Waals surface area contributed by atoms with Crippen LogP contribution in [0.4, 0.5) is 4.79 Å². The summed E-state index contributed by atoms with van der Waals surface area (Å²) < 4.78 is 4.79. The maximum atomic E-state index is 11.4. The summed E-state index contributed by atoms with van der Waals surface area (Å²) in [5.41, 5.74) is 0.979. The van der Waals surface area contributed by atoms with Crippen LogP contribution >= 0.6 is 0 Å². The highest BCUT2D eigenvalue weighted by Crippen LogP contribution is 2.16. The highest BCUT2D eigenvalue weighted by Gasteiger charge is 2.34. The Morgan fingerprint density at radius 3 is 2.62 bits per heavy atom. The average Bonchev–Trinajstić information content (AvgIpc) is 2.62. The number of nitrogens with zero attached hydrogens (tertiary/aromatic N) is 1. The van der Waals surface area contributed by atoms with E-state index in [9.17, 15) is 4.79 Å². The quantitative estimate of drug-likeness (QED) is 0.724.